The van der Waals surface area contributed by atoms with Gasteiger partial charge >= 0.3 is 0 Å². The summed E-state index contributed by atoms with van der Waals surface area (Å²) in [4.78, 5) is 9.15. The first-order valence-electron chi connectivity index (χ1n) is 10.9. The van der Waals surface area contributed by atoms with Crippen molar-refractivity contribution in [2.24, 2.45) is 15.8 Å². The molecule has 0 amide bonds. The molecule has 4 aromatic rings. The number of nitrogens with one attached hydrogen (secondary N) is 2. The largest absolute Gasteiger partial charge is 0.314 e. The highest BCUT2D eigenvalue weighted by Gasteiger charge is 2.36. The van der Waals surface area contributed by atoms with Gasteiger partial charge in [0.2, 0.25) is 0 Å². The van der Waals surface area contributed by atoms with Crippen LogP contribution in [0.5, 0.6) is 0 Å². The second kappa shape index (κ2) is 8.48. The number of anilines is 1. The Hall–Kier alpha value is -3.75. The normalized spacial score (nSPS) is 15.9. The van der Waals surface area contributed by atoms with E-state index in [9.17, 15) is 0 Å². The van der Waals surface area contributed by atoms with Crippen molar-refractivity contribution in [2.75, 3.05) is 5.01 Å². The highest BCUT2D eigenvalue weighted by molar-refractivity contribution is 6.32. The number of fused-ring (bicyclic) bond motifs is 3. The third-order valence-electron chi connectivity index (χ3n) is 6.19. The molecule has 172 valence electrons. The van der Waals surface area contributed by atoms with Gasteiger partial charge in [0.25, 0.3) is 5.96 Å². The van der Waals surface area contributed by atoms with Gasteiger partial charge in [0, 0.05) is 33.6 Å². The molecule has 0 saturated heterocycles. The van der Waals surface area contributed by atoms with Crippen molar-refractivity contribution in [2.45, 2.75) is 5.54 Å². The quantitative estimate of drug-likeness (QED) is 0.382. The Balaban J connectivity index is 1.58. The number of hydrazone groups is 1. The van der Waals surface area contributed by atoms with Gasteiger partial charge in [-0.25, -0.2) is 15.5 Å². The van der Waals surface area contributed by atoms with E-state index < -0.39 is 5.54 Å². The fraction of sp³-hybridized carbons (Fsp3) is 0.0385. The van der Waals surface area contributed by atoms with Crippen LogP contribution in [-0.2, 0) is 5.54 Å². The van der Waals surface area contributed by atoms with Gasteiger partial charge in [-0.15, -0.1) is 10.6 Å². The molecule has 0 spiro atoms. The zero-order valence-electron chi connectivity index (χ0n) is 18.3. The molecule has 1 unspecified atom stereocenters. The summed E-state index contributed by atoms with van der Waals surface area (Å²) in [7, 11) is 0. The number of hydrogen-bond donors (Lipinski definition) is 3. The maximum atomic E-state index is 7.25. The molecule has 2 aliphatic heterocycles. The van der Waals surface area contributed by atoms with Crippen LogP contribution >= 0.6 is 23.2 Å². The Morgan fingerprint density at radius 2 is 1.66 bits per heavy atom. The van der Waals surface area contributed by atoms with E-state index in [4.69, 9.17) is 33.9 Å². The molecule has 0 fully saturated rings. The van der Waals surface area contributed by atoms with Crippen molar-refractivity contribution in [1.82, 2.24) is 16.1 Å². The van der Waals surface area contributed by atoms with Gasteiger partial charge < -0.3 is 5.73 Å². The van der Waals surface area contributed by atoms with Crippen LogP contribution in [0.4, 0.5) is 5.69 Å². The van der Waals surface area contributed by atoms with E-state index in [2.05, 4.69) is 27.2 Å². The monoisotopic (exact) mass is 499 g/mol. The minimum absolute atomic E-state index is 0.504. The predicted octanol–water partition coefficient (Wildman–Crippen LogP) is 4.59. The Kier molecular flexibility index (Phi) is 5.27. The second-order valence-corrected chi connectivity index (χ2v) is 9.10. The Morgan fingerprint density at radius 1 is 0.829 bits per heavy atom. The lowest BCUT2D eigenvalue weighted by atomic mass is 9.77. The molecule has 0 saturated carbocycles. The molecule has 0 radical (unpaired) electrons. The van der Waals surface area contributed by atoms with Crippen LogP contribution in [0.1, 0.15) is 27.8 Å². The molecule has 0 bridgehead atoms. The number of guanidine groups is 1. The first-order chi connectivity index (χ1) is 17.0. The number of nitrogens with two attached hydrogens (primary N) is 1. The molecule has 3 heterocycles. The Labute approximate surface area is 211 Å². The summed E-state index contributed by atoms with van der Waals surface area (Å²) in [6.07, 6.45) is 3.52. The zero-order chi connectivity index (χ0) is 24.0. The number of hydrogen-bond acceptors (Lipinski definition) is 7. The molecule has 4 N–H and O–H groups in total. The summed E-state index contributed by atoms with van der Waals surface area (Å²) >= 11 is 12.5. The molecule has 7 nitrogen and oxygen atoms in total. The highest BCUT2D eigenvalue weighted by atomic mass is 35.5. The Morgan fingerprint density at radius 3 is 2.43 bits per heavy atom. The molecule has 6 rings (SSSR count). The predicted molar refractivity (Wildman–Crippen MR) is 139 cm³/mol. The number of hydrazine groups is 2. The van der Waals surface area contributed by atoms with Crippen molar-refractivity contribution in [1.29, 1.82) is 0 Å². The van der Waals surface area contributed by atoms with E-state index in [1.54, 1.807) is 17.4 Å². The molecule has 3 aromatic carbocycles. The van der Waals surface area contributed by atoms with E-state index in [1.807, 2.05) is 72.8 Å². The summed E-state index contributed by atoms with van der Waals surface area (Å²) < 4.78 is 0. The van der Waals surface area contributed by atoms with Gasteiger partial charge in [-0.05, 0) is 59.2 Å². The van der Waals surface area contributed by atoms with Gasteiger partial charge in [0.15, 0.2) is 0 Å². The lowest BCUT2D eigenvalue weighted by molar-refractivity contribution is 0.621. The third kappa shape index (κ3) is 3.66. The van der Waals surface area contributed by atoms with Gasteiger partial charge in [-0.2, -0.15) is 0 Å². The smallest absolute Gasteiger partial charge is 0.265 e. The number of halogens is 2. The summed E-state index contributed by atoms with van der Waals surface area (Å²) in [5.74, 6) is 0.504. The van der Waals surface area contributed by atoms with Crippen LogP contribution in [0.3, 0.4) is 0 Å². The van der Waals surface area contributed by atoms with E-state index in [0.29, 0.717) is 16.0 Å². The SMILES string of the molecule is NC(c1ccc(Cl)cc1)(c1cccnc1)c1ccc2c(c1)C(c1cccc(Cl)c1)=NC1=NNNN12. The van der Waals surface area contributed by atoms with Crippen LogP contribution in [0.15, 0.2) is 101 Å². The lowest BCUT2D eigenvalue weighted by Crippen LogP contribution is -2.44. The van der Waals surface area contributed by atoms with Crippen molar-refractivity contribution < 1.29 is 0 Å². The van der Waals surface area contributed by atoms with Crippen LogP contribution in [0.2, 0.25) is 10.0 Å². The minimum atomic E-state index is -0.988. The Bertz CT molecular complexity index is 1490. The van der Waals surface area contributed by atoms with Crippen molar-refractivity contribution in [3.63, 3.8) is 0 Å². The summed E-state index contributed by atoms with van der Waals surface area (Å²) in [6.45, 7) is 0. The van der Waals surface area contributed by atoms with Crippen molar-refractivity contribution in [3.05, 3.63) is 129 Å². The number of rotatable bonds is 4. The van der Waals surface area contributed by atoms with Crippen molar-refractivity contribution >= 4 is 40.6 Å². The maximum Gasteiger partial charge on any atom is 0.265 e. The lowest BCUT2D eigenvalue weighted by Gasteiger charge is -2.33. The maximum absolute atomic E-state index is 7.25. The van der Waals surface area contributed by atoms with Crippen LogP contribution in [-0.4, -0.2) is 16.7 Å². The van der Waals surface area contributed by atoms with Gasteiger partial charge in [-0.3, -0.25) is 4.98 Å². The summed E-state index contributed by atoms with van der Waals surface area (Å²) in [5, 5.41) is 7.30. The van der Waals surface area contributed by atoms with Gasteiger partial charge in [-0.1, -0.05) is 59.6 Å². The van der Waals surface area contributed by atoms with E-state index in [-0.39, 0.29) is 0 Å². The number of nitrogens with zero attached hydrogens (tertiary/aromatic N) is 4. The fourth-order valence-electron chi connectivity index (χ4n) is 4.46. The molecular formula is C26H19Cl2N7. The van der Waals surface area contributed by atoms with Crippen LogP contribution < -0.4 is 21.8 Å². The summed E-state index contributed by atoms with van der Waals surface area (Å²) in [6, 6.07) is 25.1. The number of benzene rings is 3. The van der Waals surface area contributed by atoms with Crippen LogP contribution in [0, 0.1) is 0 Å². The average Bonchev–Trinajstić information content (AvgIpc) is 3.37. The fourth-order valence-corrected chi connectivity index (χ4v) is 4.78. The highest BCUT2D eigenvalue weighted by Crippen LogP contribution is 2.38. The second-order valence-electron chi connectivity index (χ2n) is 8.23. The van der Waals surface area contributed by atoms with Crippen molar-refractivity contribution in [3.8, 4) is 0 Å². The molecular weight excluding hydrogens is 481 g/mol. The van der Waals surface area contributed by atoms with E-state index >= 15 is 0 Å². The third-order valence-corrected chi connectivity index (χ3v) is 6.68. The molecule has 9 heteroatoms. The molecule has 1 atom stereocenters. The number of aromatic nitrogens is 1. The number of aliphatic imine (C=N–C) groups is 1. The van der Waals surface area contributed by atoms with Crippen LogP contribution in [0.25, 0.3) is 0 Å². The molecule has 1 aromatic heterocycles. The van der Waals surface area contributed by atoms with E-state index in [0.717, 1.165) is 39.2 Å². The molecule has 35 heavy (non-hydrogen) atoms. The first kappa shape index (κ1) is 21.8. The standard InChI is InChI=1S/C26H19Cl2N7/c27-20-9-6-17(7-10-20)26(29,19-4-2-12-30-15-19)18-8-11-23-22(14-18)24(16-3-1-5-21(28)13-16)31-25-32-33-34-35(23)25/h1-15,33-34H,29H2. The average molecular weight is 500 g/mol. The zero-order valence-corrected chi connectivity index (χ0v) is 19.8. The minimum Gasteiger partial charge on any atom is -0.314 e. The topological polar surface area (TPSA) is 90.9 Å². The van der Waals surface area contributed by atoms with Gasteiger partial charge in [0.1, 0.15) is 0 Å². The summed E-state index contributed by atoms with van der Waals surface area (Å²) in [5.41, 5.74) is 18.0. The first-order valence-corrected chi connectivity index (χ1v) is 11.6. The molecule has 0 aliphatic carbocycles. The molecule has 2 aliphatic rings. The van der Waals surface area contributed by atoms with E-state index in [1.165, 1.54) is 0 Å². The van der Waals surface area contributed by atoms with Gasteiger partial charge in [0.05, 0.1) is 16.9 Å². The number of pyridine rings is 1.